The summed E-state index contributed by atoms with van der Waals surface area (Å²) in [6.07, 6.45) is 2.59. The molecular weight excluding hydrogens is 207 g/mol. The first-order valence-electron chi connectivity index (χ1n) is 5.16. The topological polar surface area (TPSA) is 56.7 Å². The first-order chi connectivity index (χ1) is 7.74. The predicted octanol–water partition coefficient (Wildman–Crippen LogP) is 2.08. The number of anilines is 1. The summed E-state index contributed by atoms with van der Waals surface area (Å²) in [5.41, 5.74) is 6.39. The van der Waals surface area contributed by atoms with Crippen LogP contribution >= 0.6 is 0 Å². The Balaban J connectivity index is 2.50. The third-order valence-electron chi connectivity index (χ3n) is 2.37. The average molecular weight is 220 g/mol. The number of aromatic nitrogens is 3. The number of rotatable bonds is 3. The highest BCUT2D eigenvalue weighted by atomic mass is 19.1. The van der Waals surface area contributed by atoms with Crippen LogP contribution in [0, 0.1) is 5.82 Å². The Bertz CT molecular complexity index is 492. The lowest BCUT2D eigenvalue weighted by molar-refractivity contribution is 0.632. The van der Waals surface area contributed by atoms with Gasteiger partial charge in [-0.1, -0.05) is 13.0 Å². The maximum Gasteiger partial charge on any atom is 0.165 e. The Morgan fingerprint density at radius 3 is 3.00 bits per heavy atom. The van der Waals surface area contributed by atoms with Gasteiger partial charge in [-0.05, 0) is 18.6 Å². The lowest BCUT2D eigenvalue weighted by Gasteiger charge is -2.07. The van der Waals surface area contributed by atoms with Crippen molar-refractivity contribution in [3.05, 3.63) is 30.3 Å². The minimum atomic E-state index is -0.427. The fourth-order valence-electron chi connectivity index (χ4n) is 1.60. The number of hydrogen-bond donors (Lipinski definition) is 1. The summed E-state index contributed by atoms with van der Waals surface area (Å²) in [6.45, 7) is 2.84. The number of hydrogen-bond acceptors (Lipinski definition) is 3. The maximum absolute atomic E-state index is 13.3. The standard InChI is InChI=1S/C11H13FN4/c1-2-6-16-7-14-15-11(16)8-4-3-5-9(12)10(8)13/h3-5,7H,2,6,13H2,1H3. The lowest BCUT2D eigenvalue weighted by atomic mass is 10.1. The van der Waals surface area contributed by atoms with Crippen LogP contribution in [0.15, 0.2) is 24.5 Å². The first-order valence-corrected chi connectivity index (χ1v) is 5.16. The molecular formula is C11H13FN4. The predicted molar refractivity (Wildman–Crippen MR) is 60.1 cm³/mol. The second-order valence-electron chi connectivity index (χ2n) is 3.55. The highest BCUT2D eigenvalue weighted by Crippen LogP contribution is 2.25. The van der Waals surface area contributed by atoms with Crippen LogP contribution in [0.3, 0.4) is 0 Å². The molecule has 2 rings (SSSR count). The van der Waals surface area contributed by atoms with Gasteiger partial charge in [-0.3, -0.25) is 0 Å². The molecule has 5 heteroatoms. The first kappa shape index (κ1) is 10.6. The van der Waals surface area contributed by atoms with Crippen molar-refractivity contribution in [1.29, 1.82) is 0 Å². The number of nitrogen functional groups attached to an aromatic ring is 1. The second kappa shape index (κ2) is 4.30. The van der Waals surface area contributed by atoms with E-state index in [1.165, 1.54) is 6.07 Å². The molecule has 2 N–H and O–H groups in total. The molecule has 0 aliphatic carbocycles. The van der Waals surface area contributed by atoms with E-state index in [1.807, 2.05) is 4.57 Å². The van der Waals surface area contributed by atoms with Crippen molar-refractivity contribution < 1.29 is 4.39 Å². The Hall–Kier alpha value is -1.91. The highest BCUT2D eigenvalue weighted by Gasteiger charge is 2.12. The average Bonchev–Trinajstić information content (AvgIpc) is 2.71. The summed E-state index contributed by atoms with van der Waals surface area (Å²) in [6, 6.07) is 4.69. The SMILES string of the molecule is CCCn1cnnc1-c1cccc(F)c1N. The van der Waals surface area contributed by atoms with Crippen LogP contribution in [0.1, 0.15) is 13.3 Å². The number of benzene rings is 1. The van der Waals surface area contributed by atoms with Gasteiger partial charge in [0.1, 0.15) is 12.1 Å². The molecule has 0 amide bonds. The Labute approximate surface area is 92.9 Å². The molecule has 0 saturated heterocycles. The zero-order valence-electron chi connectivity index (χ0n) is 9.02. The van der Waals surface area contributed by atoms with Crippen LogP contribution < -0.4 is 5.73 Å². The molecule has 0 aliphatic heterocycles. The van der Waals surface area contributed by atoms with Crippen LogP contribution in [0.5, 0.6) is 0 Å². The van der Waals surface area contributed by atoms with E-state index in [0.29, 0.717) is 11.4 Å². The van der Waals surface area contributed by atoms with Gasteiger partial charge in [0.15, 0.2) is 5.82 Å². The van der Waals surface area contributed by atoms with E-state index < -0.39 is 5.82 Å². The zero-order chi connectivity index (χ0) is 11.5. The quantitative estimate of drug-likeness (QED) is 0.805. The molecule has 84 valence electrons. The molecule has 0 atom stereocenters. The van der Waals surface area contributed by atoms with Gasteiger partial charge >= 0.3 is 0 Å². The maximum atomic E-state index is 13.3. The normalized spacial score (nSPS) is 10.6. The van der Waals surface area contributed by atoms with E-state index in [2.05, 4.69) is 17.1 Å². The number of nitrogens with zero attached hydrogens (tertiary/aromatic N) is 3. The number of aryl methyl sites for hydroxylation is 1. The Kier molecular flexibility index (Phi) is 2.85. The molecule has 16 heavy (non-hydrogen) atoms. The van der Waals surface area contributed by atoms with Crippen molar-refractivity contribution in [3.63, 3.8) is 0 Å². The summed E-state index contributed by atoms with van der Waals surface area (Å²) in [7, 11) is 0. The van der Waals surface area contributed by atoms with Crippen LogP contribution in [0.2, 0.25) is 0 Å². The number of halogens is 1. The van der Waals surface area contributed by atoms with Gasteiger partial charge in [-0.25, -0.2) is 4.39 Å². The molecule has 1 aromatic heterocycles. The summed E-state index contributed by atoms with van der Waals surface area (Å²) in [4.78, 5) is 0. The van der Waals surface area contributed by atoms with E-state index >= 15 is 0 Å². The molecule has 0 aliphatic rings. The highest BCUT2D eigenvalue weighted by molar-refractivity contribution is 5.71. The number of nitrogens with two attached hydrogens (primary N) is 1. The lowest BCUT2D eigenvalue weighted by Crippen LogP contribution is -2.02. The van der Waals surface area contributed by atoms with E-state index in [-0.39, 0.29) is 5.69 Å². The molecule has 0 fully saturated rings. The van der Waals surface area contributed by atoms with Crippen LogP contribution in [0.4, 0.5) is 10.1 Å². The summed E-state index contributed by atoms with van der Waals surface area (Å²) < 4.78 is 15.2. The van der Waals surface area contributed by atoms with Crippen LogP contribution in [0.25, 0.3) is 11.4 Å². The van der Waals surface area contributed by atoms with E-state index in [1.54, 1.807) is 18.5 Å². The van der Waals surface area contributed by atoms with Crippen molar-refractivity contribution in [1.82, 2.24) is 14.8 Å². The summed E-state index contributed by atoms with van der Waals surface area (Å²) in [5.74, 6) is 0.183. The van der Waals surface area contributed by atoms with Crippen molar-refractivity contribution in [2.24, 2.45) is 0 Å². The van der Waals surface area contributed by atoms with Crippen molar-refractivity contribution in [3.8, 4) is 11.4 Å². The Morgan fingerprint density at radius 1 is 1.44 bits per heavy atom. The fourth-order valence-corrected chi connectivity index (χ4v) is 1.60. The van der Waals surface area contributed by atoms with Crippen molar-refractivity contribution in [2.45, 2.75) is 19.9 Å². The van der Waals surface area contributed by atoms with Gasteiger partial charge < -0.3 is 10.3 Å². The van der Waals surface area contributed by atoms with Gasteiger partial charge in [0.2, 0.25) is 0 Å². The molecule has 0 unspecified atom stereocenters. The van der Waals surface area contributed by atoms with Crippen molar-refractivity contribution in [2.75, 3.05) is 5.73 Å². The van der Waals surface area contributed by atoms with Gasteiger partial charge in [0.25, 0.3) is 0 Å². The van der Waals surface area contributed by atoms with Gasteiger partial charge in [0.05, 0.1) is 5.69 Å². The van der Waals surface area contributed by atoms with E-state index in [9.17, 15) is 4.39 Å². The van der Waals surface area contributed by atoms with E-state index in [0.717, 1.165) is 13.0 Å². The number of para-hydroxylation sites is 1. The van der Waals surface area contributed by atoms with E-state index in [4.69, 9.17) is 5.73 Å². The minimum absolute atomic E-state index is 0.118. The molecule has 1 heterocycles. The largest absolute Gasteiger partial charge is 0.396 e. The molecule has 1 aromatic carbocycles. The molecule has 0 saturated carbocycles. The molecule has 0 bridgehead atoms. The second-order valence-corrected chi connectivity index (χ2v) is 3.55. The third-order valence-corrected chi connectivity index (χ3v) is 2.37. The monoisotopic (exact) mass is 220 g/mol. The van der Waals surface area contributed by atoms with Crippen molar-refractivity contribution >= 4 is 5.69 Å². The van der Waals surface area contributed by atoms with Crippen LogP contribution in [-0.2, 0) is 6.54 Å². The van der Waals surface area contributed by atoms with Crippen LogP contribution in [-0.4, -0.2) is 14.8 Å². The summed E-state index contributed by atoms with van der Waals surface area (Å²) in [5, 5.41) is 7.80. The summed E-state index contributed by atoms with van der Waals surface area (Å²) >= 11 is 0. The third kappa shape index (κ3) is 1.76. The minimum Gasteiger partial charge on any atom is -0.396 e. The smallest absolute Gasteiger partial charge is 0.165 e. The van der Waals surface area contributed by atoms with Gasteiger partial charge in [-0.15, -0.1) is 10.2 Å². The zero-order valence-corrected chi connectivity index (χ0v) is 9.02. The molecule has 0 spiro atoms. The molecule has 0 radical (unpaired) electrons. The van der Waals surface area contributed by atoms with Gasteiger partial charge in [-0.2, -0.15) is 0 Å². The molecule has 4 nitrogen and oxygen atoms in total. The fraction of sp³-hybridized carbons (Fsp3) is 0.273. The molecule has 2 aromatic rings. The van der Waals surface area contributed by atoms with Gasteiger partial charge in [0, 0.05) is 12.1 Å². The Morgan fingerprint density at radius 2 is 2.25 bits per heavy atom.